The maximum Gasteiger partial charge on any atom is 0.433 e. The largest absolute Gasteiger partial charge is 0.433 e. The Bertz CT molecular complexity index is 457. The first kappa shape index (κ1) is 13.9. The highest BCUT2D eigenvalue weighted by Gasteiger charge is 2.16. The molecule has 1 saturated carbocycles. The predicted molar refractivity (Wildman–Crippen MR) is 75.5 cm³/mol. The first-order chi connectivity index (χ1) is 9.25. The molecule has 1 N–H and O–H groups in total. The molecular weight excluding hydrogens is 264 g/mol. The van der Waals surface area contributed by atoms with Crippen LogP contribution in [0.15, 0.2) is 29.4 Å². The fourth-order valence-corrected chi connectivity index (χ4v) is 2.34. The molecule has 1 amide bonds. The van der Waals surface area contributed by atoms with Crippen molar-refractivity contribution in [3.05, 3.63) is 34.9 Å². The lowest BCUT2D eigenvalue weighted by molar-refractivity contribution is 0.144. The van der Waals surface area contributed by atoms with Crippen LogP contribution in [0.4, 0.5) is 4.79 Å². The number of nitrogens with zero attached hydrogens (tertiary/aromatic N) is 1. The lowest BCUT2D eigenvalue weighted by Crippen LogP contribution is -2.35. The average Bonchev–Trinajstić information content (AvgIpc) is 2.42. The Morgan fingerprint density at radius 2 is 2.05 bits per heavy atom. The summed E-state index contributed by atoms with van der Waals surface area (Å²) in [4.78, 5) is 16.3. The quantitative estimate of drug-likeness (QED) is 0.521. The second-order valence-electron chi connectivity index (χ2n) is 4.61. The lowest BCUT2D eigenvalue weighted by atomic mass is 9.96. The molecular formula is C14H17ClN2O2. The number of carbonyl (C=O) groups excluding carboxylic acids is 1. The molecule has 0 saturated heterocycles. The minimum Gasteiger partial charge on any atom is -0.317 e. The van der Waals surface area contributed by atoms with E-state index in [1.54, 1.807) is 12.1 Å². The number of nitrogens with one attached hydrogen (secondary N) is 1. The van der Waals surface area contributed by atoms with Gasteiger partial charge in [-0.05, 0) is 18.9 Å². The van der Waals surface area contributed by atoms with Crippen molar-refractivity contribution in [2.45, 2.75) is 38.1 Å². The zero-order chi connectivity index (χ0) is 13.5. The first-order valence-corrected chi connectivity index (χ1v) is 6.89. The zero-order valence-corrected chi connectivity index (χ0v) is 11.4. The van der Waals surface area contributed by atoms with E-state index >= 15 is 0 Å². The number of hydrogen-bond donors (Lipinski definition) is 1. The number of oxime groups is 1. The standard InChI is InChI=1S/C14H17ClN2O2/c15-13-9-5-4-6-11(13)10-16-19-14(18)17-12-7-2-1-3-8-12/h4-6,9-10,12H,1-3,7-8H2,(H,17,18)/b16-10-. The summed E-state index contributed by atoms with van der Waals surface area (Å²) >= 11 is 5.95. The van der Waals surface area contributed by atoms with Crippen molar-refractivity contribution in [2.24, 2.45) is 5.16 Å². The third-order valence-electron chi connectivity index (χ3n) is 3.16. The van der Waals surface area contributed by atoms with Crippen LogP contribution >= 0.6 is 11.6 Å². The van der Waals surface area contributed by atoms with Gasteiger partial charge in [-0.1, -0.05) is 54.2 Å². The van der Waals surface area contributed by atoms with Gasteiger partial charge >= 0.3 is 6.09 Å². The van der Waals surface area contributed by atoms with Crippen LogP contribution in [-0.2, 0) is 4.84 Å². The number of benzene rings is 1. The molecule has 19 heavy (non-hydrogen) atoms. The van der Waals surface area contributed by atoms with Crippen molar-refractivity contribution < 1.29 is 9.63 Å². The van der Waals surface area contributed by atoms with E-state index in [1.807, 2.05) is 12.1 Å². The van der Waals surface area contributed by atoms with Gasteiger partial charge in [0.05, 0.1) is 6.21 Å². The van der Waals surface area contributed by atoms with Gasteiger partial charge in [0.15, 0.2) is 0 Å². The summed E-state index contributed by atoms with van der Waals surface area (Å²) in [5.41, 5.74) is 0.717. The van der Waals surface area contributed by atoms with Crippen LogP contribution in [-0.4, -0.2) is 18.3 Å². The Hall–Kier alpha value is -1.55. The van der Waals surface area contributed by atoms with Crippen molar-refractivity contribution in [3.8, 4) is 0 Å². The van der Waals surface area contributed by atoms with Crippen LogP contribution in [0.3, 0.4) is 0 Å². The number of halogens is 1. The average molecular weight is 281 g/mol. The van der Waals surface area contributed by atoms with Gasteiger partial charge in [0.1, 0.15) is 0 Å². The van der Waals surface area contributed by atoms with Crippen molar-refractivity contribution in [1.82, 2.24) is 5.32 Å². The van der Waals surface area contributed by atoms with Gasteiger partial charge in [-0.3, -0.25) is 4.84 Å². The molecule has 1 aromatic rings. The molecule has 1 aromatic carbocycles. The molecule has 0 heterocycles. The maximum atomic E-state index is 11.5. The van der Waals surface area contributed by atoms with E-state index in [1.165, 1.54) is 12.6 Å². The normalized spacial score (nSPS) is 16.5. The van der Waals surface area contributed by atoms with Gasteiger partial charge in [-0.15, -0.1) is 0 Å². The van der Waals surface area contributed by atoms with Crippen LogP contribution in [0.25, 0.3) is 0 Å². The SMILES string of the molecule is O=C(NC1CCCCC1)O/N=C\c1ccccc1Cl. The van der Waals surface area contributed by atoms with Crippen LogP contribution in [0.2, 0.25) is 5.02 Å². The first-order valence-electron chi connectivity index (χ1n) is 6.51. The molecule has 102 valence electrons. The van der Waals surface area contributed by atoms with E-state index in [0.717, 1.165) is 31.2 Å². The molecule has 0 radical (unpaired) electrons. The smallest absolute Gasteiger partial charge is 0.317 e. The second kappa shape index (κ2) is 7.14. The summed E-state index contributed by atoms with van der Waals surface area (Å²) in [5.74, 6) is 0. The summed E-state index contributed by atoms with van der Waals surface area (Å²) in [5, 5.41) is 7.03. The summed E-state index contributed by atoms with van der Waals surface area (Å²) in [6.07, 6.45) is 6.53. The van der Waals surface area contributed by atoms with E-state index in [4.69, 9.17) is 16.4 Å². The third kappa shape index (κ3) is 4.56. The van der Waals surface area contributed by atoms with E-state index in [2.05, 4.69) is 10.5 Å². The molecule has 0 unspecified atom stereocenters. The van der Waals surface area contributed by atoms with Gasteiger partial charge in [-0.25, -0.2) is 4.79 Å². The lowest BCUT2D eigenvalue weighted by Gasteiger charge is -2.21. The number of rotatable bonds is 3. The number of hydrogen-bond acceptors (Lipinski definition) is 3. The Labute approximate surface area is 117 Å². The minimum absolute atomic E-state index is 0.219. The Morgan fingerprint density at radius 3 is 2.79 bits per heavy atom. The van der Waals surface area contributed by atoms with Crippen LogP contribution in [0.5, 0.6) is 0 Å². The van der Waals surface area contributed by atoms with E-state index in [9.17, 15) is 4.79 Å². The Kier molecular flexibility index (Phi) is 5.21. The highest BCUT2D eigenvalue weighted by atomic mass is 35.5. The minimum atomic E-state index is -0.504. The van der Waals surface area contributed by atoms with E-state index in [-0.39, 0.29) is 6.04 Å². The zero-order valence-electron chi connectivity index (χ0n) is 10.6. The Morgan fingerprint density at radius 1 is 1.32 bits per heavy atom. The maximum absolute atomic E-state index is 11.5. The molecule has 0 aliphatic heterocycles. The van der Waals surface area contributed by atoms with Crippen molar-refractivity contribution in [2.75, 3.05) is 0 Å². The molecule has 0 spiro atoms. The van der Waals surface area contributed by atoms with Gasteiger partial charge in [0.25, 0.3) is 0 Å². The van der Waals surface area contributed by atoms with E-state index < -0.39 is 6.09 Å². The van der Waals surface area contributed by atoms with Crippen LogP contribution < -0.4 is 5.32 Å². The van der Waals surface area contributed by atoms with Gasteiger partial charge in [-0.2, -0.15) is 0 Å². The molecule has 2 rings (SSSR count). The molecule has 0 bridgehead atoms. The van der Waals surface area contributed by atoms with Crippen LogP contribution in [0, 0.1) is 0 Å². The van der Waals surface area contributed by atoms with Gasteiger partial charge in [0, 0.05) is 16.6 Å². The van der Waals surface area contributed by atoms with E-state index in [0.29, 0.717) is 5.02 Å². The van der Waals surface area contributed by atoms with Gasteiger partial charge in [0.2, 0.25) is 0 Å². The second-order valence-corrected chi connectivity index (χ2v) is 5.02. The molecule has 1 fully saturated rings. The monoisotopic (exact) mass is 280 g/mol. The van der Waals surface area contributed by atoms with Crippen molar-refractivity contribution >= 4 is 23.9 Å². The number of amides is 1. The summed E-state index contributed by atoms with van der Waals surface area (Å²) in [7, 11) is 0. The molecule has 1 aliphatic carbocycles. The molecule has 0 atom stereocenters. The Balaban J connectivity index is 1.78. The van der Waals surface area contributed by atoms with Crippen LogP contribution in [0.1, 0.15) is 37.7 Å². The fourth-order valence-electron chi connectivity index (χ4n) is 2.15. The third-order valence-corrected chi connectivity index (χ3v) is 3.50. The van der Waals surface area contributed by atoms with Crippen molar-refractivity contribution in [1.29, 1.82) is 0 Å². The highest BCUT2D eigenvalue weighted by Crippen LogP contribution is 2.17. The molecule has 4 nitrogen and oxygen atoms in total. The molecule has 5 heteroatoms. The molecule has 1 aliphatic rings. The van der Waals surface area contributed by atoms with Gasteiger partial charge < -0.3 is 5.32 Å². The fraction of sp³-hybridized carbons (Fsp3) is 0.429. The number of carbonyl (C=O) groups is 1. The highest BCUT2D eigenvalue weighted by molar-refractivity contribution is 6.33. The molecule has 0 aromatic heterocycles. The predicted octanol–water partition coefficient (Wildman–Crippen LogP) is 3.73. The van der Waals surface area contributed by atoms with Crippen molar-refractivity contribution in [3.63, 3.8) is 0 Å². The summed E-state index contributed by atoms with van der Waals surface area (Å²) < 4.78 is 0. The summed E-state index contributed by atoms with van der Waals surface area (Å²) in [6.45, 7) is 0. The summed E-state index contributed by atoms with van der Waals surface area (Å²) in [6, 6.07) is 7.45. The topological polar surface area (TPSA) is 50.7 Å².